The summed E-state index contributed by atoms with van der Waals surface area (Å²) in [7, 11) is -0.291. The number of sulfonamides is 1. The number of nitrogens with one attached hydrogen (secondary N) is 1. The average Bonchev–Trinajstić information content (AvgIpc) is 3.11. The van der Waals surface area contributed by atoms with Crippen molar-refractivity contribution in [3.63, 3.8) is 0 Å². The number of allylic oxidation sites excluding steroid dienone is 2. The van der Waals surface area contributed by atoms with E-state index in [4.69, 9.17) is 0 Å². The Morgan fingerprint density at radius 2 is 1.84 bits per heavy atom. The topological polar surface area (TPSA) is 49.4 Å². The number of anilines is 1. The minimum Gasteiger partial charge on any atom is -0.378 e. The van der Waals surface area contributed by atoms with Crippen LogP contribution in [0.2, 0.25) is 0 Å². The van der Waals surface area contributed by atoms with E-state index >= 15 is 0 Å². The van der Waals surface area contributed by atoms with Crippen molar-refractivity contribution in [2.75, 3.05) is 19.4 Å². The first kappa shape index (κ1) is 16.4. The molecule has 1 aliphatic carbocycles. The summed E-state index contributed by atoms with van der Waals surface area (Å²) >= 11 is 0. The SMILES string of the molecule is CN(C)S(=O)(=O)c1ccc2c(c1)C1C=CCC1C(c1ccccc1)N2. The van der Waals surface area contributed by atoms with E-state index in [1.165, 1.54) is 9.87 Å². The van der Waals surface area contributed by atoms with Crippen LogP contribution in [-0.4, -0.2) is 26.8 Å². The molecule has 0 radical (unpaired) electrons. The molecular formula is C20H22N2O2S. The Labute approximate surface area is 149 Å². The Morgan fingerprint density at radius 3 is 2.56 bits per heavy atom. The van der Waals surface area contributed by atoms with Gasteiger partial charge in [0.25, 0.3) is 0 Å². The largest absolute Gasteiger partial charge is 0.378 e. The standard InChI is InChI=1S/C20H22N2O2S/c1-22(2)25(23,24)15-11-12-19-18(13-15)16-9-6-10-17(16)20(21-19)14-7-4-3-5-8-14/h3-9,11-13,16-17,20-21H,10H2,1-2H3. The van der Waals surface area contributed by atoms with E-state index in [0.717, 1.165) is 17.7 Å². The highest BCUT2D eigenvalue weighted by atomic mass is 32.2. The lowest BCUT2D eigenvalue weighted by atomic mass is 9.77. The quantitative estimate of drug-likeness (QED) is 0.854. The van der Waals surface area contributed by atoms with Crippen molar-refractivity contribution in [3.05, 3.63) is 71.8 Å². The maximum atomic E-state index is 12.5. The van der Waals surface area contributed by atoms with Crippen molar-refractivity contribution in [2.24, 2.45) is 5.92 Å². The molecule has 0 saturated carbocycles. The van der Waals surface area contributed by atoms with E-state index in [1.54, 1.807) is 20.2 Å². The van der Waals surface area contributed by atoms with Crippen LogP contribution in [0, 0.1) is 5.92 Å². The minimum atomic E-state index is -3.42. The molecule has 0 bridgehead atoms. The molecule has 4 nitrogen and oxygen atoms in total. The predicted molar refractivity (Wildman–Crippen MR) is 100 cm³/mol. The van der Waals surface area contributed by atoms with Gasteiger partial charge in [-0.3, -0.25) is 0 Å². The summed E-state index contributed by atoms with van der Waals surface area (Å²) in [6.45, 7) is 0. The highest BCUT2D eigenvalue weighted by Gasteiger charge is 2.38. The van der Waals surface area contributed by atoms with E-state index in [2.05, 4.69) is 41.7 Å². The van der Waals surface area contributed by atoms with Gasteiger partial charge in [-0.1, -0.05) is 42.5 Å². The van der Waals surface area contributed by atoms with Gasteiger partial charge in [0.1, 0.15) is 0 Å². The Morgan fingerprint density at radius 1 is 1.08 bits per heavy atom. The summed E-state index contributed by atoms with van der Waals surface area (Å²) in [5.74, 6) is 0.658. The molecule has 2 aromatic rings. The van der Waals surface area contributed by atoms with Gasteiger partial charge in [0.05, 0.1) is 10.9 Å². The molecule has 0 fully saturated rings. The lowest BCUT2D eigenvalue weighted by Gasteiger charge is -2.37. The van der Waals surface area contributed by atoms with Gasteiger partial charge in [0, 0.05) is 25.7 Å². The first-order chi connectivity index (χ1) is 12.0. The van der Waals surface area contributed by atoms with E-state index in [-0.39, 0.29) is 12.0 Å². The first-order valence-electron chi connectivity index (χ1n) is 8.53. The summed E-state index contributed by atoms with van der Waals surface area (Å²) in [5.41, 5.74) is 3.38. The van der Waals surface area contributed by atoms with Crippen LogP contribution in [0.15, 0.2) is 65.6 Å². The third-order valence-corrected chi connectivity index (χ3v) is 7.08. The second kappa shape index (κ2) is 6.00. The number of nitrogens with zero attached hydrogens (tertiary/aromatic N) is 1. The zero-order valence-corrected chi connectivity index (χ0v) is 15.2. The molecule has 4 rings (SSSR count). The molecule has 2 aliphatic rings. The molecule has 25 heavy (non-hydrogen) atoms. The highest BCUT2D eigenvalue weighted by molar-refractivity contribution is 7.89. The van der Waals surface area contributed by atoms with Gasteiger partial charge in [-0.25, -0.2) is 12.7 Å². The summed E-state index contributed by atoms with van der Waals surface area (Å²) < 4.78 is 26.2. The first-order valence-corrected chi connectivity index (χ1v) is 9.97. The molecular weight excluding hydrogens is 332 g/mol. The van der Waals surface area contributed by atoms with Gasteiger partial charge in [-0.15, -0.1) is 0 Å². The second-order valence-electron chi connectivity index (χ2n) is 6.92. The van der Waals surface area contributed by atoms with E-state index in [9.17, 15) is 8.42 Å². The zero-order chi connectivity index (χ0) is 17.6. The van der Waals surface area contributed by atoms with Crippen LogP contribution in [0.3, 0.4) is 0 Å². The fourth-order valence-electron chi connectivity index (χ4n) is 3.93. The average molecular weight is 354 g/mol. The molecule has 3 atom stereocenters. The summed E-state index contributed by atoms with van der Waals surface area (Å²) in [6.07, 6.45) is 5.45. The van der Waals surface area contributed by atoms with Gasteiger partial charge in [0.15, 0.2) is 0 Å². The number of fused-ring (bicyclic) bond motifs is 3. The predicted octanol–water partition coefficient (Wildman–Crippen LogP) is 3.76. The molecule has 130 valence electrons. The number of rotatable bonds is 3. The van der Waals surface area contributed by atoms with Crippen molar-refractivity contribution in [2.45, 2.75) is 23.3 Å². The molecule has 1 aliphatic heterocycles. The van der Waals surface area contributed by atoms with Crippen LogP contribution in [0.25, 0.3) is 0 Å². The van der Waals surface area contributed by atoms with E-state index < -0.39 is 10.0 Å². The Kier molecular flexibility index (Phi) is 3.93. The van der Waals surface area contributed by atoms with Crippen LogP contribution >= 0.6 is 0 Å². The Bertz CT molecular complexity index is 920. The second-order valence-corrected chi connectivity index (χ2v) is 9.07. The fourth-order valence-corrected chi connectivity index (χ4v) is 4.87. The van der Waals surface area contributed by atoms with Gasteiger partial charge < -0.3 is 5.32 Å². The van der Waals surface area contributed by atoms with Crippen molar-refractivity contribution in [1.82, 2.24) is 4.31 Å². The number of benzene rings is 2. The van der Waals surface area contributed by atoms with Crippen LogP contribution in [0.4, 0.5) is 5.69 Å². The van der Waals surface area contributed by atoms with Crippen LogP contribution in [0.5, 0.6) is 0 Å². The van der Waals surface area contributed by atoms with E-state index in [0.29, 0.717) is 10.8 Å². The third-order valence-electron chi connectivity index (χ3n) is 5.27. The molecule has 3 unspecified atom stereocenters. The van der Waals surface area contributed by atoms with Crippen LogP contribution in [-0.2, 0) is 10.0 Å². The summed E-state index contributed by atoms with van der Waals surface area (Å²) in [6, 6.07) is 16.2. The number of hydrogen-bond acceptors (Lipinski definition) is 3. The molecule has 2 aromatic carbocycles. The van der Waals surface area contributed by atoms with Gasteiger partial charge in [0.2, 0.25) is 10.0 Å². The van der Waals surface area contributed by atoms with E-state index in [1.807, 2.05) is 18.2 Å². The molecule has 0 amide bonds. The van der Waals surface area contributed by atoms with Crippen LogP contribution in [0.1, 0.15) is 29.5 Å². The normalized spacial score (nSPS) is 24.7. The van der Waals surface area contributed by atoms with Gasteiger partial charge >= 0.3 is 0 Å². The summed E-state index contributed by atoms with van der Waals surface area (Å²) in [4.78, 5) is 0.357. The molecule has 0 saturated heterocycles. The zero-order valence-electron chi connectivity index (χ0n) is 14.4. The van der Waals surface area contributed by atoms with Crippen molar-refractivity contribution < 1.29 is 8.42 Å². The smallest absolute Gasteiger partial charge is 0.242 e. The highest BCUT2D eigenvalue weighted by Crippen LogP contribution is 2.50. The molecule has 5 heteroatoms. The van der Waals surface area contributed by atoms with Gasteiger partial charge in [-0.2, -0.15) is 0 Å². The summed E-state index contributed by atoms with van der Waals surface area (Å²) in [5, 5.41) is 3.64. The monoisotopic (exact) mass is 354 g/mol. The lowest BCUT2D eigenvalue weighted by Crippen LogP contribution is -2.29. The third kappa shape index (κ3) is 2.68. The van der Waals surface area contributed by atoms with Crippen molar-refractivity contribution in [1.29, 1.82) is 0 Å². The minimum absolute atomic E-state index is 0.241. The number of hydrogen-bond donors (Lipinski definition) is 1. The Balaban J connectivity index is 1.78. The van der Waals surface area contributed by atoms with Crippen molar-refractivity contribution >= 4 is 15.7 Å². The molecule has 1 heterocycles. The maximum Gasteiger partial charge on any atom is 0.242 e. The molecule has 0 aromatic heterocycles. The maximum absolute atomic E-state index is 12.5. The van der Waals surface area contributed by atoms with Gasteiger partial charge in [-0.05, 0) is 41.7 Å². The lowest BCUT2D eigenvalue weighted by molar-refractivity contribution is 0.425. The van der Waals surface area contributed by atoms with Crippen LogP contribution < -0.4 is 5.32 Å². The molecule has 0 spiro atoms. The Hall–Kier alpha value is -2.11. The molecule has 1 N–H and O–H groups in total. The fraction of sp³-hybridized carbons (Fsp3) is 0.300. The van der Waals surface area contributed by atoms with Crippen molar-refractivity contribution in [3.8, 4) is 0 Å².